The quantitative estimate of drug-likeness (QED) is 0.450. The minimum atomic E-state index is -0.623. The van der Waals surface area contributed by atoms with Crippen LogP contribution in [0.3, 0.4) is 0 Å². The molecule has 150 valence electrons. The first-order valence-electron chi connectivity index (χ1n) is 9.72. The molecule has 2 aromatic heterocycles. The molecule has 4 aromatic rings. The van der Waals surface area contributed by atoms with Gasteiger partial charge in [-0.25, -0.2) is 0 Å². The summed E-state index contributed by atoms with van der Waals surface area (Å²) in [7, 11) is 0. The first-order chi connectivity index (χ1) is 14.6. The summed E-state index contributed by atoms with van der Waals surface area (Å²) in [6, 6.07) is 16.5. The summed E-state index contributed by atoms with van der Waals surface area (Å²) in [6.07, 6.45) is 7.39. The van der Waals surface area contributed by atoms with Gasteiger partial charge in [-0.3, -0.25) is 0 Å². The van der Waals surface area contributed by atoms with Crippen molar-refractivity contribution in [1.82, 2.24) is 15.0 Å². The number of aryl methyl sites for hydroxylation is 2. The molecule has 30 heavy (non-hydrogen) atoms. The van der Waals surface area contributed by atoms with Gasteiger partial charge in [0.1, 0.15) is 0 Å². The van der Waals surface area contributed by atoms with Gasteiger partial charge in [-0.15, -0.1) is 0 Å². The van der Waals surface area contributed by atoms with E-state index in [1.54, 1.807) is 12.5 Å². The molecule has 6 heteroatoms. The van der Waals surface area contributed by atoms with Crippen LogP contribution in [0.1, 0.15) is 16.8 Å². The van der Waals surface area contributed by atoms with E-state index in [1.165, 1.54) is 4.35 Å². The van der Waals surface area contributed by atoms with Crippen LogP contribution in [0.4, 0.5) is 0 Å². The van der Waals surface area contributed by atoms with E-state index in [4.69, 9.17) is 10.5 Å². The van der Waals surface area contributed by atoms with Gasteiger partial charge in [-0.05, 0) is 0 Å². The molecule has 4 rings (SSSR count). The van der Waals surface area contributed by atoms with Gasteiger partial charge in [0.25, 0.3) is 0 Å². The molecule has 5 nitrogen and oxygen atoms in total. The molecular weight excluding hydrogens is 435 g/mol. The van der Waals surface area contributed by atoms with E-state index in [1.807, 2.05) is 43.3 Å². The number of hydrogen-bond donors (Lipinski definition) is 1. The minimum absolute atomic E-state index is 0.524. The van der Waals surface area contributed by atoms with Crippen LogP contribution in [-0.4, -0.2) is 37.2 Å². The van der Waals surface area contributed by atoms with Gasteiger partial charge >= 0.3 is 183 Å². The monoisotopic (exact) mass is 458 g/mol. The molecule has 0 aliphatic rings. The molecule has 2 heterocycles. The predicted octanol–water partition coefficient (Wildman–Crippen LogP) is 2.79. The van der Waals surface area contributed by atoms with Gasteiger partial charge in [0.15, 0.2) is 0 Å². The van der Waals surface area contributed by atoms with Crippen LogP contribution in [0, 0.1) is 13.8 Å². The van der Waals surface area contributed by atoms with Crippen molar-refractivity contribution in [2.75, 3.05) is 6.54 Å². The molecule has 0 amide bonds. The number of ether oxygens (including phenoxy) is 1. The number of fused-ring (bicyclic) bond motifs is 1. The molecule has 0 saturated heterocycles. The van der Waals surface area contributed by atoms with Crippen LogP contribution in [0.2, 0.25) is 0 Å². The number of nitrogens with two attached hydrogens (primary N) is 1. The maximum atomic E-state index is 6.00. The van der Waals surface area contributed by atoms with Crippen molar-refractivity contribution in [1.29, 1.82) is 0 Å². The zero-order chi connectivity index (χ0) is 20.9. The average molecular weight is 458 g/mol. The van der Waals surface area contributed by atoms with E-state index >= 15 is 0 Å². The Morgan fingerprint density at radius 2 is 1.90 bits per heavy atom. The van der Waals surface area contributed by atoms with E-state index in [-0.39, 0.29) is 0 Å². The Hall–Kier alpha value is -3.01. The Bertz CT molecular complexity index is 1210. The normalized spacial score (nSPS) is 11.7. The summed E-state index contributed by atoms with van der Waals surface area (Å²) in [5.74, 6) is 1.59. The Morgan fingerprint density at radius 3 is 2.67 bits per heavy atom. The third-order valence-corrected chi connectivity index (χ3v) is 7.25. The summed E-state index contributed by atoms with van der Waals surface area (Å²) < 4.78 is 8.42. The summed E-state index contributed by atoms with van der Waals surface area (Å²) in [5.41, 5.74) is 9.74. The molecular formula is C24H23AsN4O. The van der Waals surface area contributed by atoms with Crippen molar-refractivity contribution < 1.29 is 4.74 Å². The summed E-state index contributed by atoms with van der Waals surface area (Å²) in [5, 5.41) is 1.11. The zero-order valence-corrected chi connectivity index (χ0v) is 19.1. The molecule has 0 saturated carbocycles. The van der Waals surface area contributed by atoms with Crippen LogP contribution in [0.25, 0.3) is 17.0 Å². The van der Waals surface area contributed by atoms with E-state index in [0.29, 0.717) is 6.54 Å². The second-order valence-corrected chi connectivity index (χ2v) is 9.71. The van der Waals surface area contributed by atoms with Gasteiger partial charge in [0, 0.05) is 0 Å². The number of nitrogens with zero attached hydrogens (tertiary/aromatic N) is 3. The number of hydrogen-bond acceptors (Lipinski definition) is 5. The molecule has 0 bridgehead atoms. The summed E-state index contributed by atoms with van der Waals surface area (Å²) >= 11 is -0.623. The van der Waals surface area contributed by atoms with Crippen LogP contribution < -0.4 is 19.3 Å². The van der Waals surface area contributed by atoms with Gasteiger partial charge in [-0.1, -0.05) is 0 Å². The number of rotatable bonds is 6. The van der Waals surface area contributed by atoms with Crippen LogP contribution in [0.15, 0.2) is 67.1 Å². The molecule has 1 unspecified atom stereocenters. The third kappa shape index (κ3) is 4.76. The van der Waals surface area contributed by atoms with Crippen LogP contribution in [0.5, 0.6) is 11.5 Å². The molecule has 1 atom stereocenters. The fourth-order valence-electron chi connectivity index (χ4n) is 3.10. The van der Waals surface area contributed by atoms with E-state index in [9.17, 15) is 0 Å². The molecule has 2 aromatic carbocycles. The molecule has 0 spiro atoms. The van der Waals surface area contributed by atoms with Gasteiger partial charge in [-0.2, -0.15) is 0 Å². The van der Waals surface area contributed by atoms with E-state index < -0.39 is 15.8 Å². The number of aromatic nitrogens is 3. The summed E-state index contributed by atoms with van der Waals surface area (Å²) in [4.78, 5) is 13.3. The average Bonchev–Trinajstić information content (AvgIpc) is 2.76. The molecule has 2 N–H and O–H groups in total. The van der Waals surface area contributed by atoms with Crippen molar-refractivity contribution in [3.63, 3.8) is 0 Å². The maximum absolute atomic E-state index is 6.00. The third-order valence-electron chi connectivity index (χ3n) is 4.66. The van der Waals surface area contributed by atoms with E-state index in [2.05, 4.69) is 46.1 Å². The number of pyridine rings is 1. The molecule has 0 aliphatic heterocycles. The van der Waals surface area contributed by atoms with Crippen LogP contribution in [-0.2, 0) is 0 Å². The van der Waals surface area contributed by atoms with E-state index in [0.717, 1.165) is 43.7 Å². The molecule has 0 aliphatic carbocycles. The number of benzene rings is 2. The second kappa shape index (κ2) is 9.20. The fourth-order valence-corrected chi connectivity index (χ4v) is 5.59. The molecule has 0 fully saturated rings. The first kappa shape index (κ1) is 20.3. The van der Waals surface area contributed by atoms with Crippen molar-refractivity contribution >= 4 is 41.6 Å². The van der Waals surface area contributed by atoms with Gasteiger partial charge in [0.2, 0.25) is 0 Å². The van der Waals surface area contributed by atoms with Gasteiger partial charge < -0.3 is 0 Å². The fraction of sp³-hybridized carbons (Fsp3) is 0.125. The van der Waals surface area contributed by atoms with Crippen molar-refractivity contribution in [2.45, 2.75) is 13.8 Å². The topological polar surface area (TPSA) is 73.9 Å². The van der Waals surface area contributed by atoms with Crippen molar-refractivity contribution in [3.05, 3.63) is 84.0 Å². The van der Waals surface area contributed by atoms with Crippen LogP contribution >= 0.6 is 0 Å². The standard InChI is InChI=1S/C24H23AsN4O/c1-16-12-19(7-10-23(16)30-20-8-5-17(2)27-14-20)25-24-21-13-18(4-3-11-26)6-9-22(21)28-15-29-24/h3-10,12-15,25H,11,26H2,1-2H3. The zero-order valence-electron chi connectivity index (χ0n) is 17.0. The summed E-state index contributed by atoms with van der Waals surface area (Å²) in [6.45, 7) is 4.55. The SMILES string of the molecule is Cc1ccc(Oc2ccc([AsH]c3ncnc4ccc(C=CCN)cc34)cc2C)cn1. The van der Waals surface area contributed by atoms with Crippen molar-refractivity contribution in [3.8, 4) is 11.5 Å². The van der Waals surface area contributed by atoms with Crippen molar-refractivity contribution in [2.24, 2.45) is 5.73 Å². The Kier molecular flexibility index (Phi) is 6.22. The second-order valence-electron chi connectivity index (χ2n) is 6.98. The molecule has 0 radical (unpaired) electrons. The predicted molar refractivity (Wildman–Crippen MR) is 124 cm³/mol. The Labute approximate surface area is 182 Å². The first-order valence-corrected chi connectivity index (χ1v) is 11.8. The Balaban J connectivity index is 1.59. The van der Waals surface area contributed by atoms with Gasteiger partial charge in [0.05, 0.1) is 0 Å². The Morgan fingerprint density at radius 1 is 1.00 bits per heavy atom.